The Kier molecular flexibility index (Phi) is 2.05. The standard InChI is InChI=1S/C6H13NO2/c7-6(1-3-8)2-4-9-5-6/h8H,1-5,7H2/t6-/m1/s1. The lowest BCUT2D eigenvalue weighted by Crippen LogP contribution is -2.40. The molecule has 54 valence electrons. The van der Waals surface area contributed by atoms with Gasteiger partial charge in [-0.1, -0.05) is 0 Å². The number of aliphatic hydroxyl groups excluding tert-OH is 1. The van der Waals surface area contributed by atoms with Gasteiger partial charge in [-0.25, -0.2) is 0 Å². The Morgan fingerprint density at radius 1 is 1.67 bits per heavy atom. The predicted octanol–water partition coefficient (Wildman–Crippen LogP) is -0.513. The molecule has 1 aliphatic rings. The first-order chi connectivity index (χ1) is 4.27. The summed E-state index contributed by atoms with van der Waals surface area (Å²) in [5, 5.41) is 8.56. The van der Waals surface area contributed by atoms with Gasteiger partial charge in [-0.15, -0.1) is 0 Å². The highest BCUT2D eigenvalue weighted by Crippen LogP contribution is 2.18. The van der Waals surface area contributed by atoms with Crippen LogP contribution in [0, 0.1) is 0 Å². The molecule has 0 aromatic carbocycles. The zero-order valence-corrected chi connectivity index (χ0v) is 5.47. The first-order valence-corrected chi connectivity index (χ1v) is 3.24. The molecule has 1 heterocycles. The summed E-state index contributed by atoms with van der Waals surface area (Å²) in [7, 11) is 0. The van der Waals surface area contributed by atoms with Crippen molar-refractivity contribution in [3.8, 4) is 0 Å². The molecule has 3 N–H and O–H groups in total. The fraction of sp³-hybridized carbons (Fsp3) is 1.00. The second-order valence-corrected chi connectivity index (χ2v) is 2.64. The first-order valence-electron chi connectivity index (χ1n) is 3.24. The van der Waals surface area contributed by atoms with E-state index in [0.717, 1.165) is 13.0 Å². The van der Waals surface area contributed by atoms with Crippen molar-refractivity contribution < 1.29 is 9.84 Å². The summed E-state index contributed by atoms with van der Waals surface area (Å²) in [6.07, 6.45) is 1.54. The van der Waals surface area contributed by atoms with E-state index < -0.39 is 0 Å². The van der Waals surface area contributed by atoms with Crippen LogP contribution in [0.4, 0.5) is 0 Å². The largest absolute Gasteiger partial charge is 0.396 e. The van der Waals surface area contributed by atoms with Crippen LogP contribution in [-0.4, -0.2) is 30.5 Å². The second kappa shape index (κ2) is 2.64. The highest BCUT2D eigenvalue weighted by Gasteiger charge is 2.29. The molecular formula is C6H13NO2. The van der Waals surface area contributed by atoms with E-state index >= 15 is 0 Å². The van der Waals surface area contributed by atoms with E-state index in [4.69, 9.17) is 15.6 Å². The van der Waals surface area contributed by atoms with Crippen molar-refractivity contribution in [3.63, 3.8) is 0 Å². The maximum Gasteiger partial charge on any atom is 0.0647 e. The third-order valence-corrected chi connectivity index (χ3v) is 1.74. The SMILES string of the molecule is N[C@]1(CCO)CCOC1. The highest BCUT2D eigenvalue weighted by molar-refractivity contribution is 4.87. The maximum atomic E-state index is 8.56. The monoisotopic (exact) mass is 131 g/mol. The zero-order valence-electron chi connectivity index (χ0n) is 5.47. The third kappa shape index (κ3) is 1.64. The van der Waals surface area contributed by atoms with Crippen LogP contribution in [0.15, 0.2) is 0 Å². The van der Waals surface area contributed by atoms with E-state index in [9.17, 15) is 0 Å². The van der Waals surface area contributed by atoms with Crippen LogP contribution in [0.25, 0.3) is 0 Å². The summed E-state index contributed by atoms with van der Waals surface area (Å²) in [5.74, 6) is 0. The van der Waals surface area contributed by atoms with Crippen LogP contribution in [0.3, 0.4) is 0 Å². The van der Waals surface area contributed by atoms with Crippen LogP contribution in [0.2, 0.25) is 0 Å². The summed E-state index contributed by atoms with van der Waals surface area (Å²) in [5.41, 5.74) is 5.56. The Balaban J connectivity index is 2.32. The molecule has 0 saturated carbocycles. The number of hydrogen-bond donors (Lipinski definition) is 2. The fourth-order valence-corrected chi connectivity index (χ4v) is 1.04. The normalized spacial score (nSPS) is 35.3. The van der Waals surface area contributed by atoms with E-state index in [1.165, 1.54) is 0 Å². The average Bonchev–Trinajstić information content (AvgIpc) is 2.16. The van der Waals surface area contributed by atoms with Gasteiger partial charge in [0, 0.05) is 18.8 Å². The molecule has 3 nitrogen and oxygen atoms in total. The van der Waals surface area contributed by atoms with Crippen molar-refractivity contribution in [1.29, 1.82) is 0 Å². The Hall–Kier alpha value is -0.120. The molecule has 9 heavy (non-hydrogen) atoms. The number of aliphatic hydroxyl groups is 1. The van der Waals surface area contributed by atoms with Crippen LogP contribution in [0.1, 0.15) is 12.8 Å². The zero-order chi connectivity index (χ0) is 6.74. The van der Waals surface area contributed by atoms with Crippen LogP contribution in [-0.2, 0) is 4.74 Å². The highest BCUT2D eigenvalue weighted by atomic mass is 16.5. The quantitative estimate of drug-likeness (QED) is 0.530. The van der Waals surface area contributed by atoms with E-state index in [0.29, 0.717) is 13.0 Å². The Morgan fingerprint density at radius 3 is 2.89 bits per heavy atom. The van der Waals surface area contributed by atoms with E-state index in [2.05, 4.69) is 0 Å². The second-order valence-electron chi connectivity index (χ2n) is 2.64. The molecule has 0 unspecified atom stereocenters. The molecular weight excluding hydrogens is 118 g/mol. The number of hydrogen-bond acceptors (Lipinski definition) is 3. The molecule has 1 aliphatic heterocycles. The van der Waals surface area contributed by atoms with Crippen molar-refractivity contribution in [2.24, 2.45) is 5.73 Å². The molecule has 0 bridgehead atoms. The molecule has 0 aliphatic carbocycles. The summed E-state index contributed by atoms with van der Waals surface area (Å²) in [6.45, 7) is 1.52. The smallest absolute Gasteiger partial charge is 0.0647 e. The summed E-state index contributed by atoms with van der Waals surface area (Å²) < 4.78 is 5.08. The van der Waals surface area contributed by atoms with Gasteiger partial charge in [-0.05, 0) is 12.8 Å². The number of ether oxygens (including phenoxy) is 1. The molecule has 3 heteroatoms. The molecule has 1 rings (SSSR count). The van der Waals surface area contributed by atoms with Gasteiger partial charge in [0.15, 0.2) is 0 Å². The van der Waals surface area contributed by atoms with E-state index in [1.54, 1.807) is 0 Å². The van der Waals surface area contributed by atoms with Crippen molar-refractivity contribution >= 4 is 0 Å². The van der Waals surface area contributed by atoms with Crippen molar-refractivity contribution in [2.75, 3.05) is 19.8 Å². The Labute approximate surface area is 54.8 Å². The Morgan fingerprint density at radius 2 is 2.44 bits per heavy atom. The van der Waals surface area contributed by atoms with Crippen LogP contribution < -0.4 is 5.73 Å². The molecule has 0 aromatic heterocycles. The van der Waals surface area contributed by atoms with E-state index in [1.807, 2.05) is 0 Å². The summed E-state index contributed by atoms with van der Waals surface area (Å²) in [4.78, 5) is 0. The van der Waals surface area contributed by atoms with Gasteiger partial charge in [0.05, 0.1) is 6.61 Å². The lowest BCUT2D eigenvalue weighted by molar-refractivity contribution is 0.164. The summed E-state index contributed by atoms with van der Waals surface area (Å²) in [6, 6.07) is 0. The maximum absolute atomic E-state index is 8.56. The lowest BCUT2D eigenvalue weighted by Gasteiger charge is -2.19. The van der Waals surface area contributed by atoms with Crippen molar-refractivity contribution in [3.05, 3.63) is 0 Å². The van der Waals surface area contributed by atoms with Crippen molar-refractivity contribution in [1.82, 2.24) is 0 Å². The Bertz CT molecular complexity index is 89.1. The van der Waals surface area contributed by atoms with Gasteiger partial charge < -0.3 is 15.6 Å². The molecule has 0 radical (unpaired) electrons. The van der Waals surface area contributed by atoms with Crippen LogP contribution >= 0.6 is 0 Å². The average molecular weight is 131 g/mol. The van der Waals surface area contributed by atoms with Crippen molar-refractivity contribution in [2.45, 2.75) is 18.4 Å². The van der Waals surface area contributed by atoms with Gasteiger partial charge in [0.1, 0.15) is 0 Å². The molecule has 0 amide bonds. The predicted molar refractivity (Wildman–Crippen MR) is 34.1 cm³/mol. The van der Waals surface area contributed by atoms with Gasteiger partial charge in [0.25, 0.3) is 0 Å². The van der Waals surface area contributed by atoms with Gasteiger partial charge in [0.2, 0.25) is 0 Å². The topological polar surface area (TPSA) is 55.5 Å². The van der Waals surface area contributed by atoms with E-state index in [-0.39, 0.29) is 12.1 Å². The minimum atomic E-state index is -0.227. The molecule has 1 atom stereocenters. The third-order valence-electron chi connectivity index (χ3n) is 1.74. The van der Waals surface area contributed by atoms with Gasteiger partial charge in [-0.2, -0.15) is 0 Å². The lowest BCUT2D eigenvalue weighted by atomic mass is 9.97. The minimum Gasteiger partial charge on any atom is -0.396 e. The fourth-order valence-electron chi connectivity index (χ4n) is 1.04. The van der Waals surface area contributed by atoms with Gasteiger partial charge >= 0.3 is 0 Å². The molecule has 0 spiro atoms. The minimum absolute atomic E-state index is 0.167. The van der Waals surface area contributed by atoms with Crippen LogP contribution in [0.5, 0.6) is 0 Å². The van der Waals surface area contributed by atoms with Gasteiger partial charge in [-0.3, -0.25) is 0 Å². The molecule has 1 saturated heterocycles. The number of rotatable bonds is 2. The molecule has 0 aromatic rings. The summed E-state index contributed by atoms with van der Waals surface area (Å²) >= 11 is 0. The number of nitrogens with two attached hydrogens (primary N) is 1. The molecule has 1 fully saturated rings. The first kappa shape index (κ1) is 6.99.